The van der Waals surface area contributed by atoms with Gasteiger partial charge in [0.1, 0.15) is 11.5 Å². The van der Waals surface area contributed by atoms with Crippen LogP contribution in [-0.4, -0.2) is 29.8 Å². The highest BCUT2D eigenvalue weighted by Gasteiger charge is 2.20. The summed E-state index contributed by atoms with van der Waals surface area (Å²) < 4.78 is 5.76. The molecule has 0 bridgehead atoms. The van der Waals surface area contributed by atoms with E-state index in [9.17, 15) is 9.59 Å². The summed E-state index contributed by atoms with van der Waals surface area (Å²) in [4.78, 5) is 27.0. The van der Waals surface area contributed by atoms with Crippen LogP contribution in [0.25, 0.3) is 0 Å². The van der Waals surface area contributed by atoms with Crippen LogP contribution in [0.4, 0.5) is 5.69 Å². The van der Waals surface area contributed by atoms with Crippen LogP contribution in [-0.2, 0) is 0 Å². The number of likely N-dealkylation sites (tertiary alicyclic amines) is 1. The molecule has 5 heteroatoms. The van der Waals surface area contributed by atoms with Crippen LogP contribution in [0.3, 0.4) is 0 Å². The van der Waals surface area contributed by atoms with Gasteiger partial charge in [0, 0.05) is 29.9 Å². The van der Waals surface area contributed by atoms with E-state index < -0.39 is 0 Å². The van der Waals surface area contributed by atoms with E-state index in [0.29, 0.717) is 22.6 Å². The minimum atomic E-state index is -0.252. The zero-order valence-electron chi connectivity index (χ0n) is 16.0. The predicted molar refractivity (Wildman–Crippen MR) is 112 cm³/mol. The molecule has 0 atom stereocenters. The van der Waals surface area contributed by atoms with E-state index >= 15 is 0 Å². The first-order valence-corrected chi connectivity index (χ1v) is 9.73. The first kappa shape index (κ1) is 18.7. The minimum Gasteiger partial charge on any atom is -0.457 e. The standard InChI is InChI=1S/C24H22N2O3/c27-23(18-7-6-8-19(17-18)24(28)26-15-4-5-16-26)25-20-11-13-22(14-12-20)29-21-9-2-1-3-10-21/h1-3,6-14,17H,4-5,15-16H2,(H,25,27). The fraction of sp³-hybridized carbons (Fsp3) is 0.167. The molecule has 0 unspecified atom stereocenters. The first-order valence-electron chi connectivity index (χ1n) is 9.73. The number of hydrogen-bond donors (Lipinski definition) is 1. The van der Waals surface area contributed by atoms with Gasteiger partial charge < -0.3 is 15.0 Å². The van der Waals surface area contributed by atoms with Crippen molar-refractivity contribution in [3.05, 3.63) is 90.0 Å². The SMILES string of the molecule is O=C(Nc1ccc(Oc2ccccc2)cc1)c1cccc(C(=O)N2CCCC2)c1. The Balaban J connectivity index is 1.41. The second kappa shape index (κ2) is 8.61. The zero-order chi connectivity index (χ0) is 20.1. The summed E-state index contributed by atoms with van der Waals surface area (Å²) in [5.74, 6) is 1.17. The van der Waals surface area contributed by atoms with Gasteiger partial charge in [-0.1, -0.05) is 24.3 Å². The van der Waals surface area contributed by atoms with Crippen molar-refractivity contribution in [3.8, 4) is 11.5 Å². The number of nitrogens with one attached hydrogen (secondary N) is 1. The van der Waals surface area contributed by atoms with Crippen LogP contribution in [0.5, 0.6) is 11.5 Å². The lowest BCUT2D eigenvalue weighted by Crippen LogP contribution is -2.27. The molecule has 0 spiro atoms. The molecule has 1 heterocycles. The molecule has 0 radical (unpaired) electrons. The lowest BCUT2D eigenvalue weighted by Gasteiger charge is -2.15. The fourth-order valence-electron chi connectivity index (χ4n) is 3.33. The van der Waals surface area contributed by atoms with Gasteiger partial charge in [0.05, 0.1) is 0 Å². The molecule has 0 aromatic heterocycles. The largest absolute Gasteiger partial charge is 0.457 e. The van der Waals surface area contributed by atoms with Gasteiger partial charge in [-0.15, -0.1) is 0 Å². The summed E-state index contributed by atoms with van der Waals surface area (Å²) in [6.07, 6.45) is 2.08. The monoisotopic (exact) mass is 386 g/mol. The van der Waals surface area contributed by atoms with Crippen molar-refractivity contribution >= 4 is 17.5 Å². The summed E-state index contributed by atoms with van der Waals surface area (Å²) in [7, 11) is 0. The van der Waals surface area contributed by atoms with E-state index in [1.54, 1.807) is 48.5 Å². The van der Waals surface area contributed by atoms with Gasteiger partial charge in [-0.05, 0) is 67.4 Å². The number of carbonyl (C=O) groups excluding carboxylic acids is 2. The van der Waals surface area contributed by atoms with Crippen LogP contribution in [0.1, 0.15) is 33.6 Å². The summed E-state index contributed by atoms with van der Waals surface area (Å²) in [6, 6.07) is 23.6. The van der Waals surface area contributed by atoms with Crippen LogP contribution in [0.15, 0.2) is 78.9 Å². The number of amides is 2. The van der Waals surface area contributed by atoms with Gasteiger partial charge in [-0.25, -0.2) is 0 Å². The highest BCUT2D eigenvalue weighted by atomic mass is 16.5. The molecule has 5 nitrogen and oxygen atoms in total. The number of hydrogen-bond acceptors (Lipinski definition) is 3. The van der Waals surface area contributed by atoms with Crippen molar-refractivity contribution in [2.45, 2.75) is 12.8 Å². The maximum atomic E-state index is 12.6. The molecular weight excluding hydrogens is 364 g/mol. The van der Waals surface area contributed by atoms with Crippen molar-refractivity contribution in [2.75, 3.05) is 18.4 Å². The third-order valence-corrected chi connectivity index (χ3v) is 4.86. The van der Waals surface area contributed by atoms with Crippen LogP contribution in [0.2, 0.25) is 0 Å². The Bertz CT molecular complexity index is 994. The van der Waals surface area contributed by atoms with Crippen LogP contribution < -0.4 is 10.1 Å². The van der Waals surface area contributed by atoms with E-state index in [4.69, 9.17) is 4.74 Å². The number of benzene rings is 3. The summed E-state index contributed by atoms with van der Waals surface area (Å²) in [5.41, 5.74) is 1.66. The lowest BCUT2D eigenvalue weighted by molar-refractivity contribution is 0.0793. The summed E-state index contributed by atoms with van der Waals surface area (Å²) in [6.45, 7) is 1.57. The van der Waals surface area contributed by atoms with E-state index in [1.165, 1.54) is 0 Å². The molecule has 3 aromatic carbocycles. The smallest absolute Gasteiger partial charge is 0.255 e. The van der Waals surface area contributed by atoms with Crippen molar-refractivity contribution < 1.29 is 14.3 Å². The van der Waals surface area contributed by atoms with Crippen molar-refractivity contribution in [3.63, 3.8) is 0 Å². The Hall–Kier alpha value is -3.60. The Labute approximate surface area is 169 Å². The number of anilines is 1. The maximum absolute atomic E-state index is 12.6. The molecule has 2 amide bonds. The van der Waals surface area contributed by atoms with Crippen molar-refractivity contribution in [1.29, 1.82) is 0 Å². The molecule has 1 aliphatic rings. The molecular formula is C24H22N2O3. The number of nitrogens with zero attached hydrogens (tertiary/aromatic N) is 1. The lowest BCUT2D eigenvalue weighted by atomic mass is 10.1. The molecule has 29 heavy (non-hydrogen) atoms. The third-order valence-electron chi connectivity index (χ3n) is 4.86. The summed E-state index contributed by atoms with van der Waals surface area (Å²) >= 11 is 0. The highest BCUT2D eigenvalue weighted by Crippen LogP contribution is 2.23. The first-order chi connectivity index (χ1) is 14.2. The highest BCUT2D eigenvalue weighted by molar-refractivity contribution is 6.06. The van der Waals surface area contributed by atoms with Gasteiger partial charge in [0.15, 0.2) is 0 Å². The Morgan fingerprint density at radius 3 is 2.14 bits per heavy atom. The second-order valence-corrected chi connectivity index (χ2v) is 6.97. The van der Waals surface area contributed by atoms with Crippen LogP contribution in [0, 0.1) is 0 Å². The fourth-order valence-corrected chi connectivity index (χ4v) is 3.33. The topological polar surface area (TPSA) is 58.6 Å². The average molecular weight is 386 g/mol. The van der Waals surface area contributed by atoms with E-state index in [1.807, 2.05) is 35.2 Å². The molecule has 146 valence electrons. The maximum Gasteiger partial charge on any atom is 0.255 e. The summed E-state index contributed by atoms with van der Waals surface area (Å²) in [5, 5.41) is 2.87. The van der Waals surface area contributed by atoms with Gasteiger partial charge in [0.25, 0.3) is 11.8 Å². The number of para-hydroxylation sites is 1. The van der Waals surface area contributed by atoms with Crippen molar-refractivity contribution in [2.24, 2.45) is 0 Å². The second-order valence-electron chi connectivity index (χ2n) is 6.97. The van der Waals surface area contributed by atoms with Gasteiger partial charge in [-0.2, -0.15) is 0 Å². The molecule has 1 N–H and O–H groups in total. The molecule has 1 aliphatic heterocycles. The van der Waals surface area contributed by atoms with Crippen LogP contribution >= 0.6 is 0 Å². The van der Waals surface area contributed by atoms with E-state index in [2.05, 4.69) is 5.32 Å². The average Bonchev–Trinajstić information content (AvgIpc) is 3.30. The number of carbonyl (C=O) groups is 2. The van der Waals surface area contributed by atoms with Gasteiger partial charge in [-0.3, -0.25) is 9.59 Å². The molecule has 1 saturated heterocycles. The Morgan fingerprint density at radius 1 is 0.759 bits per heavy atom. The Morgan fingerprint density at radius 2 is 1.41 bits per heavy atom. The minimum absolute atomic E-state index is 0.0143. The van der Waals surface area contributed by atoms with E-state index in [0.717, 1.165) is 31.7 Å². The molecule has 3 aromatic rings. The predicted octanol–water partition coefficient (Wildman–Crippen LogP) is 4.97. The zero-order valence-corrected chi connectivity index (χ0v) is 16.0. The normalized spacial score (nSPS) is 13.2. The quantitative estimate of drug-likeness (QED) is 0.674. The van der Waals surface area contributed by atoms with E-state index in [-0.39, 0.29) is 11.8 Å². The molecule has 1 fully saturated rings. The number of ether oxygens (including phenoxy) is 1. The molecule has 4 rings (SSSR count). The number of rotatable bonds is 5. The molecule has 0 aliphatic carbocycles. The van der Waals surface area contributed by atoms with Gasteiger partial charge >= 0.3 is 0 Å². The van der Waals surface area contributed by atoms with Gasteiger partial charge in [0.2, 0.25) is 0 Å². The third kappa shape index (κ3) is 4.63. The van der Waals surface area contributed by atoms with Crippen molar-refractivity contribution in [1.82, 2.24) is 4.90 Å². The molecule has 0 saturated carbocycles. The Kier molecular flexibility index (Phi) is 5.56.